The first-order valence-corrected chi connectivity index (χ1v) is 7.25. The summed E-state index contributed by atoms with van der Waals surface area (Å²) in [7, 11) is 0. The number of nitrogen functional groups attached to an aromatic ring is 1. The van der Waals surface area contributed by atoms with Crippen molar-refractivity contribution in [1.29, 1.82) is 0 Å². The van der Waals surface area contributed by atoms with Crippen molar-refractivity contribution in [3.05, 3.63) is 51.7 Å². The summed E-state index contributed by atoms with van der Waals surface area (Å²) in [4.78, 5) is 1.15. The van der Waals surface area contributed by atoms with Gasteiger partial charge in [0.2, 0.25) is 0 Å². The average molecular weight is 315 g/mol. The van der Waals surface area contributed by atoms with Crippen LogP contribution in [0.2, 0.25) is 0 Å². The first-order valence-electron chi connectivity index (χ1n) is 6.37. The molecule has 0 saturated carbocycles. The summed E-state index contributed by atoms with van der Waals surface area (Å²) < 4.78 is 38.4. The molecule has 0 saturated heterocycles. The van der Waals surface area contributed by atoms with Crippen molar-refractivity contribution in [3.63, 3.8) is 0 Å². The molecule has 3 nitrogen and oxygen atoms in total. The van der Waals surface area contributed by atoms with Crippen molar-refractivity contribution < 1.29 is 13.2 Å². The lowest BCUT2D eigenvalue weighted by Crippen LogP contribution is -2.29. The van der Waals surface area contributed by atoms with Gasteiger partial charge in [0.25, 0.3) is 0 Å². The zero-order valence-electron chi connectivity index (χ0n) is 11.2. The number of nitrogens with two attached hydrogens (primary N) is 2. The average Bonchev–Trinajstić information content (AvgIpc) is 2.93. The molecule has 0 aliphatic carbocycles. The number of benzene rings is 1. The molecule has 1 atom stereocenters. The third-order valence-corrected chi connectivity index (χ3v) is 4.19. The Morgan fingerprint density at radius 3 is 2.57 bits per heavy atom. The molecule has 0 fully saturated rings. The summed E-state index contributed by atoms with van der Waals surface area (Å²) in [6.07, 6.45) is -3.10. The monoisotopic (exact) mass is 315 g/mol. The Hall–Kier alpha value is -1.57. The van der Waals surface area contributed by atoms with Gasteiger partial charge in [-0.25, -0.2) is 0 Å². The van der Waals surface area contributed by atoms with Gasteiger partial charge in [0.15, 0.2) is 0 Å². The fraction of sp³-hybridized carbons (Fsp3) is 0.286. The lowest BCUT2D eigenvalue weighted by atomic mass is 9.98. The molecule has 1 heterocycles. The van der Waals surface area contributed by atoms with Crippen LogP contribution in [0, 0.1) is 0 Å². The number of rotatable bonds is 5. The Morgan fingerprint density at radius 1 is 1.24 bits per heavy atom. The van der Waals surface area contributed by atoms with E-state index in [1.165, 1.54) is 6.07 Å². The van der Waals surface area contributed by atoms with E-state index in [0.717, 1.165) is 23.4 Å². The molecule has 1 aromatic heterocycles. The van der Waals surface area contributed by atoms with Crippen LogP contribution < -0.4 is 17.0 Å². The Kier molecular flexibility index (Phi) is 4.87. The smallest absolute Gasteiger partial charge is 0.398 e. The molecule has 0 aliphatic heterocycles. The van der Waals surface area contributed by atoms with E-state index in [9.17, 15) is 13.2 Å². The summed E-state index contributed by atoms with van der Waals surface area (Å²) in [5, 5.41) is 1.96. The third kappa shape index (κ3) is 3.96. The van der Waals surface area contributed by atoms with Crippen molar-refractivity contribution >= 4 is 17.0 Å². The molecule has 0 radical (unpaired) electrons. The normalized spacial score (nSPS) is 13.3. The second-order valence-electron chi connectivity index (χ2n) is 4.68. The first kappa shape index (κ1) is 15.8. The number of halogens is 3. The van der Waals surface area contributed by atoms with Crippen molar-refractivity contribution in [2.45, 2.75) is 25.1 Å². The molecule has 0 spiro atoms. The molecule has 2 rings (SSSR count). The van der Waals surface area contributed by atoms with E-state index in [-0.39, 0.29) is 0 Å². The van der Waals surface area contributed by atoms with Gasteiger partial charge >= 0.3 is 6.18 Å². The van der Waals surface area contributed by atoms with Crippen LogP contribution in [0.5, 0.6) is 0 Å². The minimum atomic E-state index is -4.39. The topological polar surface area (TPSA) is 64.1 Å². The van der Waals surface area contributed by atoms with Crippen LogP contribution >= 0.6 is 11.3 Å². The maximum absolute atomic E-state index is 12.8. The molecule has 1 unspecified atom stereocenters. The minimum Gasteiger partial charge on any atom is -0.398 e. The van der Waals surface area contributed by atoms with Crippen molar-refractivity contribution in [2.75, 3.05) is 5.73 Å². The van der Waals surface area contributed by atoms with E-state index in [4.69, 9.17) is 11.6 Å². The highest BCUT2D eigenvalue weighted by molar-refractivity contribution is 7.09. The van der Waals surface area contributed by atoms with E-state index in [1.807, 2.05) is 17.5 Å². The summed E-state index contributed by atoms with van der Waals surface area (Å²) in [6, 6.07) is 6.81. The standard InChI is InChI=1S/C14H16F3N3S/c15-14(16,17)9-3-5-12(18)11(8-9)13(20-19)6-4-10-2-1-7-21-10/h1-3,5,7-8,13,20H,4,6,18-19H2. The van der Waals surface area contributed by atoms with Gasteiger partial charge in [0.1, 0.15) is 0 Å². The van der Waals surface area contributed by atoms with Crippen LogP contribution in [0.25, 0.3) is 0 Å². The first-order chi connectivity index (χ1) is 9.91. The molecular formula is C14H16F3N3S. The lowest BCUT2D eigenvalue weighted by Gasteiger charge is -2.19. The van der Waals surface area contributed by atoms with E-state index < -0.39 is 17.8 Å². The number of hydrogen-bond donors (Lipinski definition) is 3. The second kappa shape index (κ2) is 6.46. The molecule has 5 N–H and O–H groups in total. The maximum atomic E-state index is 12.8. The number of aryl methyl sites for hydroxylation is 1. The van der Waals surface area contributed by atoms with Crippen LogP contribution in [0.1, 0.15) is 28.5 Å². The predicted molar refractivity (Wildman–Crippen MR) is 78.6 cm³/mol. The van der Waals surface area contributed by atoms with Gasteiger partial charge in [0.05, 0.1) is 5.56 Å². The van der Waals surface area contributed by atoms with Crippen LogP contribution in [-0.2, 0) is 12.6 Å². The van der Waals surface area contributed by atoms with Crippen LogP contribution in [0.4, 0.5) is 18.9 Å². The number of alkyl halides is 3. The maximum Gasteiger partial charge on any atom is 0.416 e. The fourth-order valence-electron chi connectivity index (χ4n) is 2.12. The van der Waals surface area contributed by atoms with E-state index in [1.54, 1.807) is 11.3 Å². The highest BCUT2D eigenvalue weighted by atomic mass is 32.1. The minimum absolute atomic E-state index is 0.303. The summed E-state index contributed by atoms with van der Waals surface area (Å²) in [6.45, 7) is 0. The number of hydrogen-bond acceptors (Lipinski definition) is 4. The van der Waals surface area contributed by atoms with Gasteiger partial charge in [-0.05, 0) is 48.1 Å². The molecule has 1 aromatic carbocycles. The summed E-state index contributed by atoms with van der Waals surface area (Å²) >= 11 is 1.60. The number of hydrazine groups is 1. The zero-order valence-corrected chi connectivity index (χ0v) is 12.0. The molecular weight excluding hydrogens is 299 g/mol. The second-order valence-corrected chi connectivity index (χ2v) is 5.71. The quantitative estimate of drug-likeness (QED) is 0.449. The van der Waals surface area contributed by atoms with Crippen LogP contribution in [-0.4, -0.2) is 0 Å². The third-order valence-electron chi connectivity index (χ3n) is 3.25. The Balaban J connectivity index is 2.20. The van der Waals surface area contributed by atoms with Gasteiger partial charge in [-0.15, -0.1) is 11.3 Å². The van der Waals surface area contributed by atoms with E-state index in [0.29, 0.717) is 17.7 Å². The molecule has 0 aliphatic rings. The lowest BCUT2D eigenvalue weighted by molar-refractivity contribution is -0.137. The van der Waals surface area contributed by atoms with Gasteiger partial charge in [0, 0.05) is 16.6 Å². The molecule has 21 heavy (non-hydrogen) atoms. The number of thiophene rings is 1. The van der Waals surface area contributed by atoms with E-state index >= 15 is 0 Å². The van der Waals surface area contributed by atoms with Crippen molar-refractivity contribution in [3.8, 4) is 0 Å². The Labute approximate surface area is 124 Å². The Bertz CT molecular complexity index is 582. The SMILES string of the molecule is NNC(CCc1cccs1)c1cc(C(F)(F)F)ccc1N. The highest BCUT2D eigenvalue weighted by Crippen LogP contribution is 2.34. The highest BCUT2D eigenvalue weighted by Gasteiger charge is 2.31. The number of nitrogens with one attached hydrogen (secondary N) is 1. The summed E-state index contributed by atoms with van der Waals surface area (Å²) in [5.74, 6) is 5.49. The Morgan fingerprint density at radius 2 is 2.00 bits per heavy atom. The van der Waals surface area contributed by atoms with E-state index in [2.05, 4.69) is 5.43 Å². The molecule has 0 bridgehead atoms. The van der Waals surface area contributed by atoms with Gasteiger partial charge in [-0.2, -0.15) is 13.2 Å². The predicted octanol–water partition coefficient (Wildman–Crippen LogP) is 3.49. The molecule has 0 amide bonds. The van der Waals surface area contributed by atoms with Crippen molar-refractivity contribution in [2.24, 2.45) is 5.84 Å². The largest absolute Gasteiger partial charge is 0.416 e. The van der Waals surface area contributed by atoms with Gasteiger partial charge in [-0.3, -0.25) is 11.3 Å². The van der Waals surface area contributed by atoms with Gasteiger partial charge in [-0.1, -0.05) is 6.07 Å². The van der Waals surface area contributed by atoms with Crippen LogP contribution in [0.3, 0.4) is 0 Å². The molecule has 2 aromatic rings. The molecule has 7 heteroatoms. The fourth-order valence-corrected chi connectivity index (χ4v) is 2.85. The zero-order chi connectivity index (χ0) is 15.5. The number of anilines is 1. The molecule has 114 valence electrons. The summed E-state index contributed by atoms with van der Waals surface area (Å²) in [5.41, 5.74) is 8.32. The van der Waals surface area contributed by atoms with Crippen LogP contribution in [0.15, 0.2) is 35.7 Å². The van der Waals surface area contributed by atoms with Gasteiger partial charge < -0.3 is 5.73 Å². The van der Waals surface area contributed by atoms with Crippen molar-refractivity contribution in [1.82, 2.24) is 5.43 Å².